The van der Waals surface area contributed by atoms with Crippen molar-refractivity contribution in [1.29, 1.82) is 0 Å². The van der Waals surface area contributed by atoms with Crippen molar-refractivity contribution in [3.8, 4) is 22.4 Å². The Hall–Kier alpha value is -3.51. The summed E-state index contributed by atoms with van der Waals surface area (Å²) in [7, 11) is 0. The first kappa shape index (κ1) is 25.2. The minimum atomic E-state index is -0.753. The summed E-state index contributed by atoms with van der Waals surface area (Å²) in [5.41, 5.74) is 5.13. The summed E-state index contributed by atoms with van der Waals surface area (Å²) in [4.78, 5) is 32.3. The van der Waals surface area contributed by atoms with Gasteiger partial charge in [0.15, 0.2) is 11.0 Å². The third kappa shape index (κ3) is 5.75. The van der Waals surface area contributed by atoms with Gasteiger partial charge in [-0.3, -0.25) is 15.2 Å². The molecule has 1 unspecified atom stereocenters. The lowest BCUT2D eigenvalue weighted by Crippen LogP contribution is -2.28. The summed E-state index contributed by atoms with van der Waals surface area (Å²) in [6.45, 7) is 6.26. The normalized spacial score (nSPS) is 16.7. The number of urea groups is 1. The van der Waals surface area contributed by atoms with E-state index >= 15 is 0 Å². The first-order valence-corrected chi connectivity index (χ1v) is 13.1. The SMILES string of the molecule is CCNC(=O)Nc1nc2cc(-c3cnc(C(C)O)nc3)cc(-c3cc(CN4CC[C@@H](O)C4)ccn3)c2s1. The summed E-state index contributed by atoms with van der Waals surface area (Å²) >= 11 is 1.39. The van der Waals surface area contributed by atoms with Crippen molar-refractivity contribution in [3.05, 3.63) is 54.2 Å². The maximum Gasteiger partial charge on any atom is 0.321 e. The van der Waals surface area contributed by atoms with Crippen LogP contribution in [-0.4, -0.2) is 66.8 Å². The fourth-order valence-corrected chi connectivity index (χ4v) is 5.35. The van der Waals surface area contributed by atoms with Gasteiger partial charge in [-0.05, 0) is 55.7 Å². The number of β-amino-alcohol motifs (C(OH)–C–C–N with tert-alkyl or cyclic N) is 1. The lowest BCUT2D eigenvalue weighted by molar-refractivity contribution is 0.175. The van der Waals surface area contributed by atoms with Crippen LogP contribution in [0.5, 0.6) is 0 Å². The zero-order valence-corrected chi connectivity index (χ0v) is 21.5. The van der Waals surface area contributed by atoms with Crippen LogP contribution in [0.2, 0.25) is 0 Å². The number of rotatable bonds is 7. The highest BCUT2D eigenvalue weighted by Gasteiger charge is 2.21. The fourth-order valence-electron chi connectivity index (χ4n) is 4.38. The Morgan fingerprint density at radius 3 is 2.73 bits per heavy atom. The molecule has 37 heavy (non-hydrogen) atoms. The van der Waals surface area contributed by atoms with Gasteiger partial charge >= 0.3 is 6.03 Å². The number of aromatic nitrogens is 4. The van der Waals surface area contributed by atoms with Gasteiger partial charge in [0.25, 0.3) is 0 Å². The van der Waals surface area contributed by atoms with Crippen molar-refractivity contribution in [2.24, 2.45) is 0 Å². The Morgan fingerprint density at radius 1 is 1.22 bits per heavy atom. The lowest BCUT2D eigenvalue weighted by Gasteiger charge is -2.15. The summed E-state index contributed by atoms with van der Waals surface area (Å²) < 4.78 is 0.901. The summed E-state index contributed by atoms with van der Waals surface area (Å²) in [5, 5.41) is 25.7. The highest BCUT2D eigenvalue weighted by Crippen LogP contribution is 2.38. The maximum atomic E-state index is 12.1. The van der Waals surface area contributed by atoms with E-state index in [1.165, 1.54) is 11.3 Å². The maximum absolute atomic E-state index is 12.1. The minimum Gasteiger partial charge on any atom is -0.392 e. The number of pyridine rings is 1. The molecule has 3 aromatic heterocycles. The highest BCUT2D eigenvalue weighted by molar-refractivity contribution is 7.22. The molecule has 1 aromatic carbocycles. The first-order valence-electron chi connectivity index (χ1n) is 12.2. The van der Waals surface area contributed by atoms with Crippen molar-refractivity contribution < 1.29 is 15.0 Å². The standard InChI is InChI=1S/C26H29N7O3S/c1-3-27-25(36)32-26-31-22-10-17(18-11-29-24(15(2)34)30-12-18)9-20(23(22)37-26)21-8-16(4-6-28-21)13-33-7-5-19(35)14-33/h4,6,8-12,15,19,34-35H,3,5,7,13-14H2,1-2H3,(H2,27,31,32,36)/t15?,19-/m1/s1. The first-order chi connectivity index (χ1) is 17.9. The number of benzene rings is 1. The van der Waals surface area contributed by atoms with Crippen molar-refractivity contribution in [2.45, 2.75) is 39.0 Å². The molecule has 0 bridgehead atoms. The number of carbonyl (C=O) groups excluding carboxylic acids is 1. The number of hydrogen-bond donors (Lipinski definition) is 4. The molecular formula is C26H29N7O3S. The van der Waals surface area contributed by atoms with Gasteiger partial charge in [0.2, 0.25) is 0 Å². The third-order valence-corrected chi connectivity index (χ3v) is 7.20. The van der Waals surface area contributed by atoms with Gasteiger partial charge in [0, 0.05) is 55.9 Å². The molecule has 1 aliphatic rings. The molecule has 4 aromatic rings. The van der Waals surface area contributed by atoms with E-state index in [0.29, 0.717) is 24.0 Å². The van der Waals surface area contributed by atoms with E-state index in [2.05, 4.69) is 41.5 Å². The number of carbonyl (C=O) groups is 1. The van der Waals surface area contributed by atoms with Gasteiger partial charge in [-0.1, -0.05) is 11.3 Å². The molecule has 2 amide bonds. The van der Waals surface area contributed by atoms with Gasteiger partial charge in [-0.15, -0.1) is 0 Å². The average Bonchev–Trinajstić information content (AvgIpc) is 3.48. The zero-order valence-electron chi connectivity index (χ0n) is 20.7. The molecule has 10 nitrogen and oxygen atoms in total. The van der Waals surface area contributed by atoms with E-state index in [0.717, 1.165) is 57.7 Å². The molecule has 1 fully saturated rings. The van der Waals surface area contributed by atoms with Crippen molar-refractivity contribution in [1.82, 2.24) is 30.2 Å². The number of anilines is 1. The number of nitrogens with zero attached hydrogens (tertiary/aromatic N) is 5. The number of amides is 2. The Balaban J connectivity index is 1.56. The van der Waals surface area contributed by atoms with E-state index < -0.39 is 6.10 Å². The zero-order chi connectivity index (χ0) is 25.9. The summed E-state index contributed by atoms with van der Waals surface area (Å²) in [5.74, 6) is 0.355. The molecule has 11 heteroatoms. The van der Waals surface area contributed by atoms with Gasteiger partial charge in [0.1, 0.15) is 6.10 Å². The van der Waals surface area contributed by atoms with E-state index in [9.17, 15) is 15.0 Å². The molecule has 0 radical (unpaired) electrons. The minimum absolute atomic E-state index is 0.270. The van der Waals surface area contributed by atoms with Crippen molar-refractivity contribution in [2.75, 3.05) is 25.0 Å². The fraction of sp³-hybridized carbons (Fsp3) is 0.346. The Labute approximate surface area is 218 Å². The molecular weight excluding hydrogens is 490 g/mol. The molecule has 5 rings (SSSR count). The number of fused-ring (bicyclic) bond motifs is 1. The van der Waals surface area contributed by atoms with Crippen molar-refractivity contribution in [3.63, 3.8) is 0 Å². The molecule has 2 atom stereocenters. The van der Waals surface area contributed by atoms with Gasteiger partial charge in [0.05, 0.1) is 22.0 Å². The summed E-state index contributed by atoms with van der Waals surface area (Å²) in [6, 6.07) is 7.72. The third-order valence-electron chi connectivity index (χ3n) is 6.18. The molecule has 0 aliphatic carbocycles. The number of aliphatic hydroxyl groups is 2. The monoisotopic (exact) mass is 519 g/mol. The molecule has 1 aliphatic heterocycles. The van der Waals surface area contributed by atoms with Gasteiger partial charge in [-0.2, -0.15) is 0 Å². The topological polar surface area (TPSA) is 136 Å². The predicted molar refractivity (Wildman–Crippen MR) is 143 cm³/mol. The molecule has 4 heterocycles. The molecule has 192 valence electrons. The largest absolute Gasteiger partial charge is 0.392 e. The van der Waals surface area contributed by atoms with Crippen LogP contribution in [0.15, 0.2) is 42.9 Å². The van der Waals surface area contributed by atoms with Crippen LogP contribution in [0.3, 0.4) is 0 Å². The molecule has 1 saturated heterocycles. The van der Waals surface area contributed by atoms with Crippen molar-refractivity contribution >= 4 is 32.7 Å². The van der Waals surface area contributed by atoms with Crippen LogP contribution in [0, 0.1) is 0 Å². The smallest absolute Gasteiger partial charge is 0.321 e. The van der Waals surface area contributed by atoms with E-state index in [-0.39, 0.29) is 12.1 Å². The van der Waals surface area contributed by atoms with Crippen LogP contribution in [0.25, 0.3) is 32.6 Å². The van der Waals surface area contributed by atoms with E-state index in [1.54, 1.807) is 25.5 Å². The second-order valence-corrected chi connectivity index (χ2v) is 10.1. The molecule has 4 N–H and O–H groups in total. The number of thiazole rings is 1. The number of aliphatic hydroxyl groups excluding tert-OH is 2. The predicted octanol–water partition coefficient (Wildman–Crippen LogP) is 3.58. The number of hydrogen-bond acceptors (Lipinski definition) is 9. The Morgan fingerprint density at radius 2 is 2.03 bits per heavy atom. The molecule has 0 saturated carbocycles. The van der Waals surface area contributed by atoms with E-state index in [4.69, 9.17) is 0 Å². The Bertz CT molecular complexity index is 1410. The van der Waals surface area contributed by atoms with E-state index in [1.807, 2.05) is 25.1 Å². The summed E-state index contributed by atoms with van der Waals surface area (Å²) in [6.07, 6.45) is 4.93. The second kappa shape index (κ2) is 10.9. The van der Waals surface area contributed by atoms with Crippen LogP contribution >= 0.6 is 11.3 Å². The quantitative estimate of drug-likeness (QED) is 0.291. The number of likely N-dealkylation sites (tertiary alicyclic amines) is 1. The second-order valence-electron chi connectivity index (χ2n) is 9.11. The highest BCUT2D eigenvalue weighted by atomic mass is 32.1. The van der Waals surface area contributed by atoms with Crippen LogP contribution in [0.4, 0.5) is 9.93 Å². The van der Waals surface area contributed by atoms with Gasteiger partial charge in [-0.25, -0.2) is 19.7 Å². The van der Waals surface area contributed by atoms with Crippen LogP contribution in [-0.2, 0) is 6.54 Å². The van der Waals surface area contributed by atoms with Crippen LogP contribution in [0.1, 0.15) is 37.8 Å². The average molecular weight is 520 g/mol. The molecule has 0 spiro atoms. The lowest BCUT2D eigenvalue weighted by atomic mass is 10.0. The van der Waals surface area contributed by atoms with Crippen LogP contribution < -0.4 is 10.6 Å². The number of nitrogens with one attached hydrogen (secondary N) is 2. The Kier molecular flexibility index (Phi) is 7.38. The van der Waals surface area contributed by atoms with Gasteiger partial charge < -0.3 is 15.5 Å².